The number of amides is 2. The molecule has 0 N–H and O–H groups in total. The minimum Gasteiger partial charge on any atom is -0.494 e. The summed E-state index contributed by atoms with van der Waals surface area (Å²) >= 11 is 0. The average molecular weight is 444 g/mol. The third-order valence-electron chi connectivity index (χ3n) is 6.57. The predicted molar refractivity (Wildman–Crippen MR) is 123 cm³/mol. The summed E-state index contributed by atoms with van der Waals surface area (Å²) in [6, 6.07) is 7.57. The number of nitrogens with zero attached hydrogens (tertiary/aromatic N) is 3. The highest BCUT2D eigenvalue weighted by Crippen LogP contribution is 2.33. The molecule has 32 heavy (non-hydrogen) atoms. The van der Waals surface area contributed by atoms with Crippen LogP contribution in [0, 0.1) is 0 Å². The van der Waals surface area contributed by atoms with Gasteiger partial charge >= 0.3 is 6.09 Å². The first-order valence-corrected chi connectivity index (χ1v) is 12.1. The van der Waals surface area contributed by atoms with Crippen LogP contribution in [0.5, 0.6) is 5.75 Å². The Morgan fingerprint density at radius 2 is 1.62 bits per heavy atom. The molecule has 3 saturated heterocycles. The van der Waals surface area contributed by atoms with Gasteiger partial charge in [0.1, 0.15) is 11.4 Å². The van der Waals surface area contributed by atoms with Gasteiger partial charge in [-0.3, -0.25) is 4.79 Å². The van der Waals surface area contributed by atoms with E-state index in [0.717, 1.165) is 25.1 Å². The molecule has 2 atom stereocenters. The van der Waals surface area contributed by atoms with Crippen LogP contribution < -0.4 is 4.74 Å². The second kappa shape index (κ2) is 9.69. The third kappa shape index (κ3) is 5.55. The lowest BCUT2D eigenvalue weighted by molar-refractivity contribution is 0.0126. The van der Waals surface area contributed by atoms with E-state index in [1.807, 2.05) is 49.9 Å². The van der Waals surface area contributed by atoms with Crippen molar-refractivity contribution >= 4 is 12.0 Å². The van der Waals surface area contributed by atoms with Crippen molar-refractivity contribution in [1.29, 1.82) is 0 Å². The van der Waals surface area contributed by atoms with Crippen molar-refractivity contribution in [2.75, 3.05) is 39.3 Å². The molecule has 0 aliphatic carbocycles. The number of carbonyl (C=O) groups is 2. The molecule has 3 heterocycles. The zero-order valence-electron chi connectivity index (χ0n) is 19.7. The van der Waals surface area contributed by atoms with Crippen molar-refractivity contribution in [2.24, 2.45) is 0 Å². The Balaban J connectivity index is 1.23. The quantitative estimate of drug-likeness (QED) is 0.626. The van der Waals surface area contributed by atoms with E-state index in [1.165, 1.54) is 32.4 Å². The van der Waals surface area contributed by atoms with Crippen molar-refractivity contribution in [3.8, 4) is 5.75 Å². The van der Waals surface area contributed by atoms with Crippen LogP contribution in [-0.4, -0.2) is 83.7 Å². The van der Waals surface area contributed by atoms with Gasteiger partial charge in [0.05, 0.1) is 18.7 Å². The van der Waals surface area contributed by atoms with Crippen LogP contribution in [0.15, 0.2) is 24.3 Å². The third-order valence-corrected chi connectivity index (χ3v) is 6.57. The molecule has 2 bridgehead atoms. The lowest BCUT2D eigenvalue weighted by Gasteiger charge is -2.35. The molecule has 1 aromatic carbocycles. The maximum atomic E-state index is 13.0. The first-order chi connectivity index (χ1) is 15.3. The molecule has 0 spiro atoms. The summed E-state index contributed by atoms with van der Waals surface area (Å²) in [6.07, 6.45) is 5.55. The van der Waals surface area contributed by atoms with Crippen LogP contribution in [0.3, 0.4) is 0 Å². The molecule has 0 aromatic heterocycles. The first kappa shape index (κ1) is 22.9. The standard InChI is InChI=1S/C25H37N3O4/c1-25(2,3)32-24(30)28-18-20-16-21(28)17-27(20)23(29)19-8-10-22(11-9-19)31-15-7-14-26-12-5-4-6-13-26/h8-11,20-21H,4-7,12-18H2,1-3H3/t20?,21-/m0/s1. The number of carbonyl (C=O) groups excluding carboxylic acids is 2. The molecule has 1 aromatic rings. The minimum absolute atomic E-state index is 0.0259. The number of benzene rings is 1. The lowest BCUT2D eigenvalue weighted by atomic mass is 10.1. The molecule has 3 aliphatic heterocycles. The van der Waals surface area contributed by atoms with Crippen molar-refractivity contribution in [2.45, 2.75) is 70.6 Å². The smallest absolute Gasteiger partial charge is 0.410 e. The highest BCUT2D eigenvalue weighted by molar-refractivity contribution is 5.95. The summed E-state index contributed by atoms with van der Waals surface area (Å²) in [5.41, 5.74) is 0.160. The van der Waals surface area contributed by atoms with Crippen LogP contribution in [0.4, 0.5) is 4.79 Å². The summed E-state index contributed by atoms with van der Waals surface area (Å²) in [6.45, 7) is 10.9. The first-order valence-electron chi connectivity index (χ1n) is 12.1. The monoisotopic (exact) mass is 443 g/mol. The van der Waals surface area contributed by atoms with E-state index in [1.54, 1.807) is 4.90 Å². The van der Waals surface area contributed by atoms with Gasteiger partial charge in [0.2, 0.25) is 0 Å². The van der Waals surface area contributed by atoms with Crippen molar-refractivity contribution in [3.63, 3.8) is 0 Å². The second-order valence-corrected chi connectivity index (χ2v) is 10.3. The second-order valence-electron chi connectivity index (χ2n) is 10.3. The van der Waals surface area contributed by atoms with Gasteiger partial charge in [0.15, 0.2) is 0 Å². The van der Waals surface area contributed by atoms with Gasteiger partial charge in [-0.05, 0) is 83.8 Å². The SMILES string of the molecule is CC(C)(C)OC(=O)N1CC2C[C@H]1CN2C(=O)c1ccc(OCCCN2CCCCC2)cc1. The normalized spacial score (nSPS) is 23.5. The fraction of sp³-hybridized carbons (Fsp3) is 0.680. The lowest BCUT2D eigenvalue weighted by Crippen LogP contribution is -2.51. The summed E-state index contributed by atoms with van der Waals surface area (Å²) in [7, 11) is 0. The predicted octanol–water partition coefficient (Wildman–Crippen LogP) is 3.78. The van der Waals surface area contributed by atoms with Crippen LogP contribution >= 0.6 is 0 Å². The summed E-state index contributed by atoms with van der Waals surface area (Å²) < 4.78 is 11.4. The molecule has 3 fully saturated rings. The maximum absolute atomic E-state index is 13.0. The van der Waals surface area contributed by atoms with E-state index in [4.69, 9.17) is 9.47 Å². The molecule has 3 aliphatic rings. The largest absolute Gasteiger partial charge is 0.494 e. The van der Waals surface area contributed by atoms with E-state index in [2.05, 4.69) is 4.90 Å². The number of ether oxygens (including phenoxy) is 2. The van der Waals surface area contributed by atoms with Gasteiger partial charge in [0.25, 0.3) is 5.91 Å². The molecule has 4 rings (SSSR count). The number of fused-ring (bicyclic) bond motifs is 2. The summed E-state index contributed by atoms with van der Waals surface area (Å²) in [5.74, 6) is 0.831. The van der Waals surface area contributed by atoms with E-state index in [-0.39, 0.29) is 24.1 Å². The van der Waals surface area contributed by atoms with Crippen LogP contribution in [-0.2, 0) is 4.74 Å². The molecule has 176 valence electrons. The Hall–Kier alpha value is -2.28. The van der Waals surface area contributed by atoms with Crippen LogP contribution in [0.25, 0.3) is 0 Å². The van der Waals surface area contributed by atoms with Crippen LogP contribution in [0.1, 0.15) is 63.2 Å². The topological polar surface area (TPSA) is 62.3 Å². The molecule has 0 radical (unpaired) electrons. The van der Waals surface area contributed by atoms with Gasteiger partial charge in [-0.2, -0.15) is 0 Å². The van der Waals surface area contributed by atoms with E-state index >= 15 is 0 Å². The van der Waals surface area contributed by atoms with Crippen molar-refractivity contribution in [3.05, 3.63) is 29.8 Å². The Kier molecular flexibility index (Phi) is 6.93. The maximum Gasteiger partial charge on any atom is 0.410 e. The Morgan fingerprint density at radius 3 is 2.25 bits per heavy atom. The summed E-state index contributed by atoms with van der Waals surface area (Å²) in [4.78, 5) is 31.6. The number of piperidine rings is 1. The highest BCUT2D eigenvalue weighted by atomic mass is 16.6. The van der Waals surface area contributed by atoms with E-state index in [9.17, 15) is 9.59 Å². The molecular formula is C25H37N3O4. The van der Waals surface area contributed by atoms with Gasteiger partial charge in [0, 0.05) is 25.2 Å². The van der Waals surface area contributed by atoms with Gasteiger partial charge in [-0.15, -0.1) is 0 Å². The van der Waals surface area contributed by atoms with E-state index in [0.29, 0.717) is 25.3 Å². The Bertz CT molecular complexity index is 798. The zero-order valence-corrected chi connectivity index (χ0v) is 19.7. The molecule has 7 nitrogen and oxygen atoms in total. The Morgan fingerprint density at radius 1 is 0.969 bits per heavy atom. The van der Waals surface area contributed by atoms with Gasteiger partial charge < -0.3 is 24.2 Å². The molecular weight excluding hydrogens is 406 g/mol. The number of rotatable bonds is 6. The molecule has 2 amide bonds. The number of piperazine rings is 1. The summed E-state index contributed by atoms with van der Waals surface area (Å²) in [5, 5.41) is 0. The average Bonchev–Trinajstić information content (AvgIpc) is 3.37. The van der Waals surface area contributed by atoms with E-state index < -0.39 is 5.60 Å². The fourth-order valence-corrected chi connectivity index (χ4v) is 4.98. The number of hydrogen-bond acceptors (Lipinski definition) is 5. The molecule has 1 unspecified atom stereocenters. The number of hydrogen-bond donors (Lipinski definition) is 0. The number of likely N-dealkylation sites (tertiary alicyclic amines) is 3. The fourth-order valence-electron chi connectivity index (χ4n) is 4.98. The van der Waals surface area contributed by atoms with Gasteiger partial charge in [-0.1, -0.05) is 6.42 Å². The Labute approximate surface area is 191 Å². The minimum atomic E-state index is -0.508. The zero-order chi connectivity index (χ0) is 22.7. The van der Waals surface area contributed by atoms with Crippen LogP contribution in [0.2, 0.25) is 0 Å². The molecule has 0 saturated carbocycles. The highest BCUT2D eigenvalue weighted by Gasteiger charge is 2.48. The molecule has 7 heteroatoms. The van der Waals surface area contributed by atoms with Crippen molar-refractivity contribution < 1.29 is 19.1 Å². The van der Waals surface area contributed by atoms with Gasteiger partial charge in [-0.25, -0.2) is 4.79 Å². The van der Waals surface area contributed by atoms with Crippen molar-refractivity contribution in [1.82, 2.24) is 14.7 Å².